The van der Waals surface area contributed by atoms with Gasteiger partial charge in [0.1, 0.15) is 0 Å². The molecule has 1 aromatic heterocycles. The monoisotopic (exact) mass is 329 g/mol. The van der Waals surface area contributed by atoms with Crippen molar-refractivity contribution in [2.75, 3.05) is 0 Å². The Morgan fingerprint density at radius 3 is 2.36 bits per heavy atom. The lowest BCUT2D eigenvalue weighted by atomic mass is 10.1. The van der Waals surface area contributed by atoms with Crippen LogP contribution in [0.3, 0.4) is 0 Å². The van der Waals surface area contributed by atoms with Gasteiger partial charge in [-0.25, -0.2) is 0 Å². The summed E-state index contributed by atoms with van der Waals surface area (Å²) in [5.74, 6) is 0. The van der Waals surface area contributed by atoms with Crippen molar-refractivity contribution in [2.24, 2.45) is 0 Å². The van der Waals surface area contributed by atoms with Crippen LogP contribution in [-0.4, -0.2) is 4.57 Å². The lowest BCUT2D eigenvalue weighted by molar-refractivity contribution is 0.0526. The zero-order valence-electron chi connectivity index (χ0n) is 14.8. The summed E-state index contributed by atoms with van der Waals surface area (Å²) >= 11 is 0. The lowest BCUT2D eigenvalue weighted by Gasteiger charge is -2.14. The largest absolute Gasteiger partial charge is 0.369 e. The van der Waals surface area contributed by atoms with Crippen LogP contribution in [0.25, 0.3) is 21.8 Å². The van der Waals surface area contributed by atoms with Crippen LogP contribution < -0.4 is 0 Å². The minimum Gasteiger partial charge on any atom is -0.369 e. The quantitative estimate of drug-likeness (QED) is 0.432. The Labute approximate surface area is 148 Å². The number of aryl methyl sites for hydroxylation is 1. The molecule has 0 fully saturated rings. The number of hydrogen-bond acceptors (Lipinski definition) is 1. The van der Waals surface area contributed by atoms with Crippen molar-refractivity contribution in [3.63, 3.8) is 0 Å². The molecule has 0 N–H and O–H groups in total. The molecule has 0 amide bonds. The molecule has 0 aliphatic heterocycles. The molecule has 0 spiro atoms. The second-order valence-electron chi connectivity index (χ2n) is 6.48. The van der Waals surface area contributed by atoms with E-state index in [1.165, 1.54) is 32.9 Å². The van der Waals surface area contributed by atoms with Gasteiger partial charge in [0.15, 0.2) is 0 Å². The maximum Gasteiger partial charge on any atom is 0.0801 e. The van der Waals surface area contributed by atoms with Crippen LogP contribution in [0.1, 0.15) is 31.1 Å². The Balaban J connectivity index is 1.67. The molecular weight excluding hydrogens is 306 g/mol. The normalized spacial score (nSPS) is 12.7. The molecule has 4 aromatic rings. The maximum absolute atomic E-state index is 6.10. The van der Waals surface area contributed by atoms with Gasteiger partial charge in [0, 0.05) is 28.4 Å². The highest BCUT2D eigenvalue weighted by molar-refractivity contribution is 6.08. The van der Waals surface area contributed by atoms with Gasteiger partial charge in [0.2, 0.25) is 0 Å². The van der Waals surface area contributed by atoms with E-state index < -0.39 is 0 Å². The van der Waals surface area contributed by atoms with Crippen LogP contribution >= 0.6 is 0 Å². The molecule has 0 aliphatic carbocycles. The first-order valence-corrected chi connectivity index (χ1v) is 8.94. The topological polar surface area (TPSA) is 14.2 Å². The van der Waals surface area contributed by atoms with Crippen molar-refractivity contribution in [1.82, 2.24) is 4.57 Å². The molecule has 126 valence electrons. The highest BCUT2D eigenvalue weighted by atomic mass is 16.5. The Morgan fingerprint density at radius 2 is 1.56 bits per heavy atom. The van der Waals surface area contributed by atoms with E-state index in [-0.39, 0.29) is 6.10 Å². The number of fused-ring (bicyclic) bond motifs is 3. The van der Waals surface area contributed by atoms with Gasteiger partial charge < -0.3 is 9.30 Å². The first-order chi connectivity index (χ1) is 12.3. The second-order valence-corrected chi connectivity index (χ2v) is 6.48. The molecule has 2 nitrogen and oxygen atoms in total. The average Bonchev–Trinajstić information content (AvgIpc) is 3.00. The SMILES string of the molecule is CCn1c2ccccc2c2cc(C(C)OCc3ccccc3)ccc21. The Hall–Kier alpha value is -2.58. The van der Waals surface area contributed by atoms with E-state index in [9.17, 15) is 0 Å². The summed E-state index contributed by atoms with van der Waals surface area (Å²) in [6.45, 7) is 5.94. The molecule has 4 rings (SSSR count). The number of benzene rings is 3. The Kier molecular flexibility index (Phi) is 4.29. The van der Waals surface area contributed by atoms with E-state index in [4.69, 9.17) is 4.74 Å². The van der Waals surface area contributed by atoms with Crippen LogP contribution in [0, 0.1) is 0 Å². The summed E-state index contributed by atoms with van der Waals surface area (Å²) in [5.41, 5.74) is 5.03. The first kappa shape index (κ1) is 15.9. The van der Waals surface area contributed by atoms with Crippen molar-refractivity contribution in [3.05, 3.63) is 83.9 Å². The summed E-state index contributed by atoms with van der Waals surface area (Å²) < 4.78 is 8.48. The summed E-state index contributed by atoms with van der Waals surface area (Å²) in [5, 5.41) is 2.63. The maximum atomic E-state index is 6.10. The van der Waals surface area contributed by atoms with E-state index >= 15 is 0 Å². The Bertz CT molecular complexity index is 1000. The molecule has 0 bridgehead atoms. The molecule has 25 heavy (non-hydrogen) atoms. The minimum atomic E-state index is 0.0633. The van der Waals surface area contributed by atoms with Crippen molar-refractivity contribution >= 4 is 21.8 Å². The van der Waals surface area contributed by atoms with Crippen LogP contribution in [0.2, 0.25) is 0 Å². The van der Waals surface area contributed by atoms with Crippen molar-refractivity contribution < 1.29 is 4.74 Å². The number of nitrogens with zero attached hydrogens (tertiary/aromatic N) is 1. The average molecular weight is 329 g/mol. The zero-order chi connectivity index (χ0) is 17.2. The number of ether oxygens (including phenoxy) is 1. The molecule has 0 radical (unpaired) electrons. The number of aromatic nitrogens is 1. The van der Waals surface area contributed by atoms with Gasteiger partial charge in [0.25, 0.3) is 0 Å². The van der Waals surface area contributed by atoms with E-state index in [2.05, 4.69) is 85.1 Å². The molecule has 2 heteroatoms. The highest BCUT2D eigenvalue weighted by Crippen LogP contribution is 2.31. The molecule has 1 unspecified atom stereocenters. The van der Waals surface area contributed by atoms with Crippen molar-refractivity contribution in [1.29, 1.82) is 0 Å². The number of para-hydroxylation sites is 1. The van der Waals surface area contributed by atoms with E-state index in [0.29, 0.717) is 6.61 Å². The van der Waals surface area contributed by atoms with Crippen LogP contribution in [0.15, 0.2) is 72.8 Å². The highest BCUT2D eigenvalue weighted by Gasteiger charge is 2.12. The Morgan fingerprint density at radius 1 is 0.840 bits per heavy atom. The third-order valence-corrected chi connectivity index (χ3v) is 4.92. The molecule has 1 heterocycles. The molecule has 0 aliphatic rings. The van der Waals surface area contributed by atoms with Gasteiger partial charge in [-0.05, 0) is 43.2 Å². The summed E-state index contributed by atoms with van der Waals surface area (Å²) in [6, 6.07) is 25.7. The van der Waals surface area contributed by atoms with E-state index in [0.717, 1.165) is 6.54 Å². The molecule has 1 atom stereocenters. The third kappa shape index (κ3) is 2.94. The third-order valence-electron chi connectivity index (χ3n) is 4.92. The summed E-state index contributed by atoms with van der Waals surface area (Å²) in [4.78, 5) is 0. The molecule has 3 aromatic carbocycles. The van der Waals surface area contributed by atoms with E-state index in [1.807, 2.05) is 6.07 Å². The van der Waals surface area contributed by atoms with Crippen molar-refractivity contribution in [3.8, 4) is 0 Å². The molecule has 0 saturated carbocycles. The fourth-order valence-corrected chi connectivity index (χ4v) is 3.56. The summed E-state index contributed by atoms with van der Waals surface area (Å²) in [6.07, 6.45) is 0.0633. The van der Waals surface area contributed by atoms with E-state index in [1.54, 1.807) is 0 Å². The van der Waals surface area contributed by atoms with Crippen LogP contribution in [0.4, 0.5) is 0 Å². The van der Waals surface area contributed by atoms with Crippen LogP contribution in [0.5, 0.6) is 0 Å². The van der Waals surface area contributed by atoms with Gasteiger partial charge in [-0.15, -0.1) is 0 Å². The first-order valence-electron chi connectivity index (χ1n) is 8.94. The smallest absolute Gasteiger partial charge is 0.0801 e. The fourth-order valence-electron chi connectivity index (χ4n) is 3.56. The lowest BCUT2D eigenvalue weighted by Crippen LogP contribution is -2.00. The zero-order valence-corrected chi connectivity index (χ0v) is 14.8. The van der Waals surface area contributed by atoms with Gasteiger partial charge in [-0.1, -0.05) is 54.6 Å². The van der Waals surface area contributed by atoms with Crippen LogP contribution in [-0.2, 0) is 17.9 Å². The minimum absolute atomic E-state index is 0.0633. The van der Waals surface area contributed by atoms with Gasteiger partial charge in [-0.3, -0.25) is 0 Å². The predicted octanol–water partition coefficient (Wildman–Crippen LogP) is 6.09. The standard InChI is InChI=1S/C23H23NO/c1-3-24-22-12-8-7-11-20(22)21-15-19(13-14-23(21)24)17(2)25-16-18-9-5-4-6-10-18/h4-15,17H,3,16H2,1-2H3. The summed E-state index contributed by atoms with van der Waals surface area (Å²) in [7, 11) is 0. The number of rotatable bonds is 5. The van der Waals surface area contributed by atoms with Gasteiger partial charge in [0.05, 0.1) is 12.7 Å². The second kappa shape index (κ2) is 6.73. The van der Waals surface area contributed by atoms with Gasteiger partial charge >= 0.3 is 0 Å². The van der Waals surface area contributed by atoms with Crippen molar-refractivity contribution in [2.45, 2.75) is 33.1 Å². The predicted molar refractivity (Wildman–Crippen MR) is 105 cm³/mol. The fraction of sp³-hybridized carbons (Fsp3) is 0.217. The molecule has 0 saturated heterocycles. The molecular formula is C23H23NO. The number of hydrogen-bond donors (Lipinski definition) is 0. The van der Waals surface area contributed by atoms with Gasteiger partial charge in [-0.2, -0.15) is 0 Å².